The zero-order chi connectivity index (χ0) is 15.6. The molecule has 0 heterocycles. The third-order valence-electron chi connectivity index (χ3n) is 3.87. The van der Waals surface area contributed by atoms with E-state index in [2.05, 4.69) is 0 Å². The number of primary sulfonamides is 1. The molecule has 1 aliphatic carbocycles. The SMILES string of the molecule is CCN(CC1CCC1)C(=O)c1ccc(S(N)(=O)=O)cc1F. The van der Waals surface area contributed by atoms with E-state index in [1.54, 1.807) is 4.90 Å². The van der Waals surface area contributed by atoms with Crippen molar-refractivity contribution in [1.29, 1.82) is 0 Å². The van der Waals surface area contributed by atoms with E-state index in [0.717, 1.165) is 25.0 Å². The van der Waals surface area contributed by atoms with Crippen molar-refractivity contribution in [3.05, 3.63) is 29.6 Å². The van der Waals surface area contributed by atoms with E-state index in [0.29, 0.717) is 19.0 Å². The maximum Gasteiger partial charge on any atom is 0.256 e. The van der Waals surface area contributed by atoms with Crippen LogP contribution in [0.4, 0.5) is 4.39 Å². The zero-order valence-electron chi connectivity index (χ0n) is 11.9. The summed E-state index contributed by atoms with van der Waals surface area (Å²) < 4.78 is 36.3. The number of hydrogen-bond donors (Lipinski definition) is 1. The number of carbonyl (C=O) groups is 1. The summed E-state index contributed by atoms with van der Waals surface area (Å²) in [5.74, 6) is -0.790. The first-order valence-corrected chi connectivity index (χ1v) is 8.49. The minimum absolute atomic E-state index is 0.122. The van der Waals surface area contributed by atoms with Crippen molar-refractivity contribution in [2.75, 3.05) is 13.1 Å². The van der Waals surface area contributed by atoms with Gasteiger partial charge in [-0.3, -0.25) is 4.79 Å². The Balaban J connectivity index is 2.21. The van der Waals surface area contributed by atoms with Crippen molar-refractivity contribution >= 4 is 15.9 Å². The second-order valence-electron chi connectivity index (χ2n) is 5.33. The van der Waals surface area contributed by atoms with Crippen molar-refractivity contribution in [2.24, 2.45) is 11.1 Å². The van der Waals surface area contributed by atoms with Crippen LogP contribution in [0.1, 0.15) is 36.5 Å². The molecular weight excluding hydrogens is 295 g/mol. The molecule has 1 aliphatic rings. The van der Waals surface area contributed by atoms with E-state index in [9.17, 15) is 17.6 Å². The molecule has 1 amide bonds. The van der Waals surface area contributed by atoms with Gasteiger partial charge >= 0.3 is 0 Å². The molecule has 0 spiro atoms. The van der Waals surface area contributed by atoms with Gasteiger partial charge in [0, 0.05) is 13.1 Å². The van der Waals surface area contributed by atoms with Crippen molar-refractivity contribution in [2.45, 2.75) is 31.1 Å². The number of rotatable bonds is 5. The summed E-state index contributed by atoms with van der Waals surface area (Å²) in [7, 11) is -3.97. The molecule has 2 rings (SSSR count). The highest BCUT2D eigenvalue weighted by Gasteiger charge is 2.25. The molecule has 0 bridgehead atoms. The van der Waals surface area contributed by atoms with Gasteiger partial charge in [-0.15, -0.1) is 0 Å². The number of nitrogens with zero attached hydrogens (tertiary/aromatic N) is 1. The maximum atomic E-state index is 14.0. The molecule has 5 nitrogen and oxygen atoms in total. The minimum Gasteiger partial charge on any atom is -0.339 e. The summed E-state index contributed by atoms with van der Waals surface area (Å²) in [6.45, 7) is 2.95. The lowest BCUT2D eigenvalue weighted by Crippen LogP contribution is -2.37. The molecule has 116 valence electrons. The summed E-state index contributed by atoms with van der Waals surface area (Å²) >= 11 is 0. The van der Waals surface area contributed by atoms with Gasteiger partial charge in [-0.2, -0.15) is 0 Å². The number of hydrogen-bond acceptors (Lipinski definition) is 3. The second-order valence-corrected chi connectivity index (χ2v) is 6.89. The third-order valence-corrected chi connectivity index (χ3v) is 4.78. The van der Waals surface area contributed by atoms with E-state index in [1.807, 2.05) is 6.92 Å². The second kappa shape index (κ2) is 6.11. The maximum absolute atomic E-state index is 14.0. The Morgan fingerprint density at radius 3 is 2.52 bits per heavy atom. The van der Waals surface area contributed by atoms with E-state index < -0.39 is 21.7 Å². The quantitative estimate of drug-likeness (QED) is 0.899. The van der Waals surface area contributed by atoms with E-state index >= 15 is 0 Å². The lowest BCUT2D eigenvalue weighted by Gasteiger charge is -2.31. The summed E-state index contributed by atoms with van der Waals surface area (Å²) in [5, 5.41) is 4.94. The summed E-state index contributed by atoms with van der Waals surface area (Å²) in [4.78, 5) is 13.6. The Morgan fingerprint density at radius 1 is 1.43 bits per heavy atom. The number of carbonyl (C=O) groups excluding carboxylic acids is 1. The van der Waals surface area contributed by atoms with Crippen LogP contribution < -0.4 is 5.14 Å². The summed E-state index contributed by atoms with van der Waals surface area (Å²) in [5.41, 5.74) is -0.122. The van der Waals surface area contributed by atoms with Gasteiger partial charge in [0.2, 0.25) is 10.0 Å². The number of benzene rings is 1. The highest BCUT2D eigenvalue weighted by Crippen LogP contribution is 2.27. The predicted molar refractivity (Wildman–Crippen MR) is 76.7 cm³/mol. The van der Waals surface area contributed by atoms with Gasteiger partial charge in [0.25, 0.3) is 5.91 Å². The smallest absolute Gasteiger partial charge is 0.256 e. The summed E-state index contributed by atoms with van der Waals surface area (Å²) in [6, 6.07) is 3.13. The van der Waals surface area contributed by atoms with Crippen LogP contribution in [0.3, 0.4) is 0 Å². The molecule has 0 aromatic heterocycles. The molecule has 1 aromatic rings. The van der Waals surface area contributed by atoms with Crippen LogP contribution in [-0.2, 0) is 10.0 Å². The monoisotopic (exact) mass is 314 g/mol. The average Bonchev–Trinajstić information content (AvgIpc) is 2.36. The molecule has 0 saturated heterocycles. The van der Waals surface area contributed by atoms with Crippen LogP contribution in [-0.4, -0.2) is 32.3 Å². The van der Waals surface area contributed by atoms with Crippen molar-refractivity contribution in [3.63, 3.8) is 0 Å². The van der Waals surface area contributed by atoms with Gasteiger partial charge < -0.3 is 4.90 Å². The Bertz CT molecular complexity index is 642. The molecule has 0 atom stereocenters. The van der Waals surface area contributed by atoms with Crippen LogP contribution in [0.5, 0.6) is 0 Å². The molecule has 1 saturated carbocycles. The number of sulfonamides is 1. The Kier molecular flexibility index (Phi) is 4.63. The van der Waals surface area contributed by atoms with Crippen molar-refractivity contribution in [1.82, 2.24) is 4.90 Å². The Morgan fingerprint density at radius 2 is 2.10 bits per heavy atom. The molecule has 0 aliphatic heterocycles. The van der Waals surface area contributed by atoms with Gasteiger partial charge in [-0.05, 0) is 43.9 Å². The fourth-order valence-corrected chi connectivity index (χ4v) is 2.88. The molecule has 0 unspecified atom stereocenters. The van der Waals surface area contributed by atoms with Gasteiger partial charge in [-0.25, -0.2) is 17.9 Å². The fourth-order valence-electron chi connectivity index (χ4n) is 2.36. The van der Waals surface area contributed by atoms with Crippen LogP contribution in [0, 0.1) is 11.7 Å². The Hall–Kier alpha value is -1.47. The number of halogens is 1. The lowest BCUT2D eigenvalue weighted by molar-refractivity contribution is 0.0701. The summed E-state index contributed by atoms with van der Waals surface area (Å²) in [6.07, 6.45) is 3.36. The van der Waals surface area contributed by atoms with E-state index in [1.165, 1.54) is 12.5 Å². The molecular formula is C14H19FN2O3S. The topological polar surface area (TPSA) is 80.5 Å². The molecule has 7 heteroatoms. The average molecular weight is 314 g/mol. The molecule has 2 N–H and O–H groups in total. The first-order chi connectivity index (χ1) is 9.82. The lowest BCUT2D eigenvalue weighted by atomic mass is 9.85. The molecule has 1 fully saturated rings. The van der Waals surface area contributed by atoms with Crippen molar-refractivity contribution < 1.29 is 17.6 Å². The normalized spacial score (nSPS) is 15.6. The van der Waals surface area contributed by atoms with Gasteiger partial charge in [-0.1, -0.05) is 6.42 Å². The third kappa shape index (κ3) is 3.59. The predicted octanol–water partition coefficient (Wildman–Crippen LogP) is 1.74. The first-order valence-electron chi connectivity index (χ1n) is 6.94. The van der Waals surface area contributed by atoms with Crippen molar-refractivity contribution in [3.8, 4) is 0 Å². The Labute approximate surface area is 124 Å². The fraction of sp³-hybridized carbons (Fsp3) is 0.500. The van der Waals surface area contributed by atoms with Gasteiger partial charge in [0.15, 0.2) is 0 Å². The number of amides is 1. The van der Waals surface area contributed by atoms with Crippen LogP contribution >= 0.6 is 0 Å². The molecule has 1 aromatic carbocycles. The zero-order valence-corrected chi connectivity index (χ0v) is 12.7. The standard InChI is InChI=1S/C14H19FN2O3S/c1-2-17(9-10-4-3-5-10)14(18)12-7-6-11(8-13(12)15)21(16,19)20/h6-8,10H,2-5,9H2,1H3,(H2,16,19,20). The first kappa shape index (κ1) is 15.9. The van der Waals surface area contributed by atoms with Crippen LogP contribution in [0.2, 0.25) is 0 Å². The van der Waals surface area contributed by atoms with E-state index in [4.69, 9.17) is 5.14 Å². The highest BCUT2D eigenvalue weighted by molar-refractivity contribution is 7.89. The number of nitrogens with two attached hydrogens (primary N) is 1. The van der Waals surface area contributed by atoms with Crippen LogP contribution in [0.15, 0.2) is 23.1 Å². The van der Waals surface area contributed by atoms with E-state index in [-0.39, 0.29) is 10.5 Å². The van der Waals surface area contributed by atoms with Gasteiger partial charge in [0.1, 0.15) is 5.82 Å². The largest absolute Gasteiger partial charge is 0.339 e. The molecule has 21 heavy (non-hydrogen) atoms. The highest BCUT2D eigenvalue weighted by atomic mass is 32.2. The van der Waals surface area contributed by atoms with Gasteiger partial charge in [0.05, 0.1) is 10.5 Å². The molecule has 0 radical (unpaired) electrons. The minimum atomic E-state index is -3.97. The van der Waals surface area contributed by atoms with Crippen LogP contribution in [0.25, 0.3) is 0 Å².